The summed E-state index contributed by atoms with van der Waals surface area (Å²) in [7, 11) is 0. The zero-order valence-electron chi connectivity index (χ0n) is 15.1. The second-order valence-corrected chi connectivity index (χ2v) is 7.16. The van der Waals surface area contributed by atoms with Gasteiger partial charge < -0.3 is 5.32 Å². The van der Waals surface area contributed by atoms with E-state index in [0.29, 0.717) is 12.2 Å². The fraction of sp³-hybridized carbons (Fsp3) is 0.143. The summed E-state index contributed by atoms with van der Waals surface area (Å²) < 4.78 is 0. The van der Waals surface area contributed by atoms with Crippen LogP contribution in [0.5, 0.6) is 0 Å². The van der Waals surface area contributed by atoms with Gasteiger partial charge >= 0.3 is 0 Å². The number of carbonyl (C=O) groups excluding carboxylic acids is 1. The predicted octanol–water partition coefficient (Wildman–Crippen LogP) is 3.50. The van der Waals surface area contributed by atoms with Crippen molar-refractivity contribution >= 4 is 17.2 Å². The van der Waals surface area contributed by atoms with Gasteiger partial charge in [-0.25, -0.2) is 0 Å². The van der Waals surface area contributed by atoms with Gasteiger partial charge in [-0.1, -0.05) is 60.7 Å². The maximum absolute atomic E-state index is 12.6. The van der Waals surface area contributed by atoms with Gasteiger partial charge in [-0.15, -0.1) is 10.2 Å². The van der Waals surface area contributed by atoms with Crippen molar-refractivity contribution in [1.82, 2.24) is 25.5 Å². The smallest absolute Gasteiger partial charge is 0.244 e. The Morgan fingerprint density at radius 1 is 1.04 bits per heavy atom. The quantitative estimate of drug-likeness (QED) is 0.525. The fourth-order valence-corrected chi connectivity index (χ4v) is 3.61. The van der Waals surface area contributed by atoms with E-state index in [4.69, 9.17) is 0 Å². The Labute approximate surface area is 166 Å². The molecule has 1 N–H and O–H groups in total. The molecule has 2 heterocycles. The molecule has 1 atom stereocenters. The Morgan fingerprint density at radius 3 is 2.50 bits per heavy atom. The molecule has 4 rings (SSSR count). The van der Waals surface area contributed by atoms with E-state index in [1.807, 2.05) is 65.4 Å². The molecule has 0 radical (unpaired) electrons. The summed E-state index contributed by atoms with van der Waals surface area (Å²) in [6, 6.07) is 21.9. The minimum Gasteiger partial charge on any atom is -0.347 e. The summed E-state index contributed by atoms with van der Waals surface area (Å²) >= 11 is 1.57. The highest BCUT2D eigenvalue weighted by atomic mass is 32.1. The van der Waals surface area contributed by atoms with E-state index >= 15 is 0 Å². The van der Waals surface area contributed by atoms with Crippen LogP contribution in [-0.4, -0.2) is 26.1 Å². The summed E-state index contributed by atoms with van der Waals surface area (Å²) in [5.74, 6) is 0.372. The minimum absolute atomic E-state index is 0.0231. The molecule has 140 valence electrons. The van der Waals surface area contributed by atoms with E-state index < -0.39 is 0 Å². The van der Waals surface area contributed by atoms with E-state index in [-0.39, 0.29) is 18.5 Å². The van der Waals surface area contributed by atoms with E-state index in [0.717, 1.165) is 16.7 Å². The lowest BCUT2D eigenvalue weighted by Gasteiger charge is -2.19. The summed E-state index contributed by atoms with van der Waals surface area (Å²) in [6.45, 7) is 0.0231. The van der Waals surface area contributed by atoms with Gasteiger partial charge in [-0.2, -0.15) is 16.1 Å². The Kier molecular flexibility index (Phi) is 5.53. The van der Waals surface area contributed by atoms with Crippen LogP contribution < -0.4 is 5.32 Å². The molecule has 0 bridgehead atoms. The molecule has 0 spiro atoms. The van der Waals surface area contributed by atoms with Crippen molar-refractivity contribution < 1.29 is 4.79 Å². The Morgan fingerprint density at radius 2 is 1.79 bits per heavy atom. The van der Waals surface area contributed by atoms with Gasteiger partial charge in [0.15, 0.2) is 0 Å². The lowest BCUT2D eigenvalue weighted by atomic mass is 9.99. The average molecular weight is 389 g/mol. The van der Waals surface area contributed by atoms with Crippen LogP contribution >= 0.6 is 11.3 Å². The largest absolute Gasteiger partial charge is 0.347 e. The maximum atomic E-state index is 12.6. The first-order valence-corrected chi connectivity index (χ1v) is 9.91. The Balaban J connectivity index is 1.46. The van der Waals surface area contributed by atoms with Gasteiger partial charge in [-0.05, 0) is 34.2 Å². The molecule has 0 saturated heterocycles. The van der Waals surface area contributed by atoms with Crippen LogP contribution in [0, 0.1) is 0 Å². The van der Waals surface area contributed by atoms with Gasteiger partial charge in [0.05, 0.1) is 6.04 Å². The number of tetrazole rings is 1. The number of nitrogens with one attached hydrogen (secondary N) is 1. The molecule has 1 amide bonds. The molecule has 2 aromatic heterocycles. The first-order valence-electron chi connectivity index (χ1n) is 8.96. The highest BCUT2D eigenvalue weighted by molar-refractivity contribution is 7.08. The highest BCUT2D eigenvalue weighted by Crippen LogP contribution is 2.19. The van der Waals surface area contributed by atoms with E-state index in [1.54, 1.807) is 11.3 Å². The van der Waals surface area contributed by atoms with Crippen LogP contribution in [0.1, 0.15) is 17.2 Å². The molecule has 0 aliphatic rings. The van der Waals surface area contributed by atoms with Crippen molar-refractivity contribution in [2.24, 2.45) is 0 Å². The van der Waals surface area contributed by atoms with E-state index in [2.05, 4.69) is 32.9 Å². The van der Waals surface area contributed by atoms with Crippen LogP contribution in [-0.2, 0) is 17.8 Å². The third kappa shape index (κ3) is 4.50. The number of hydrogen-bond acceptors (Lipinski definition) is 5. The monoisotopic (exact) mass is 389 g/mol. The number of hydrogen-bond donors (Lipinski definition) is 1. The van der Waals surface area contributed by atoms with E-state index in [9.17, 15) is 4.79 Å². The lowest BCUT2D eigenvalue weighted by Crippen LogP contribution is -2.33. The van der Waals surface area contributed by atoms with Crippen LogP contribution in [0.4, 0.5) is 0 Å². The number of rotatable bonds is 7. The van der Waals surface area contributed by atoms with Crippen molar-refractivity contribution in [3.05, 3.63) is 88.6 Å². The molecule has 2 aromatic carbocycles. The normalized spacial score (nSPS) is 11.9. The highest BCUT2D eigenvalue weighted by Gasteiger charge is 2.17. The van der Waals surface area contributed by atoms with Gasteiger partial charge in [0, 0.05) is 10.9 Å². The number of thiophene rings is 1. The average Bonchev–Trinajstić information content (AvgIpc) is 3.41. The Bertz CT molecular complexity index is 1020. The molecule has 28 heavy (non-hydrogen) atoms. The van der Waals surface area contributed by atoms with Gasteiger partial charge in [0.25, 0.3) is 0 Å². The third-order valence-corrected chi connectivity index (χ3v) is 5.02. The molecule has 6 nitrogen and oxygen atoms in total. The van der Waals surface area contributed by atoms with Gasteiger partial charge in [-0.3, -0.25) is 4.79 Å². The molecule has 0 aliphatic heterocycles. The topological polar surface area (TPSA) is 72.7 Å². The molecule has 0 unspecified atom stereocenters. The molecule has 0 fully saturated rings. The summed E-state index contributed by atoms with van der Waals surface area (Å²) in [5.41, 5.74) is 3.13. The third-order valence-electron chi connectivity index (χ3n) is 4.34. The van der Waals surface area contributed by atoms with Crippen molar-refractivity contribution in [3.63, 3.8) is 0 Å². The number of amides is 1. The molecular formula is C21H19N5OS. The zero-order valence-corrected chi connectivity index (χ0v) is 15.9. The lowest BCUT2D eigenvalue weighted by molar-refractivity contribution is -0.122. The molecule has 7 heteroatoms. The summed E-state index contributed by atoms with van der Waals surface area (Å²) in [6.07, 6.45) is 0.710. The van der Waals surface area contributed by atoms with Crippen molar-refractivity contribution in [2.45, 2.75) is 19.0 Å². The van der Waals surface area contributed by atoms with Crippen molar-refractivity contribution in [2.75, 3.05) is 0 Å². The first kappa shape index (κ1) is 18.1. The number of carbonyl (C=O) groups is 1. The number of aromatic nitrogens is 4. The second-order valence-electron chi connectivity index (χ2n) is 6.38. The SMILES string of the molecule is O=C(Cn1nnc(-c2ccsc2)n1)N[C@@H](Cc1ccccc1)c1ccccc1. The molecular weight excluding hydrogens is 370 g/mol. The van der Waals surface area contributed by atoms with Crippen LogP contribution in [0.25, 0.3) is 11.4 Å². The molecule has 4 aromatic rings. The Hall–Kier alpha value is -3.32. The maximum Gasteiger partial charge on any atom is 0.244 e. The molecule has 0 saturated carbocycles. The van der Waals surface area contributed by atoms with Crippen molar-refractivity contribution in [3.8, 4) is 11.4 Å². The second kappa shape index (κ2) is 8.58. The first-order chi connectivity index (χ1) is 13.8. The zero-order chi connectivity index (χ0) is 19.2. The number of nitrogens with zero attached hydrogens (tertiary/aromatic N) is 4. The van der Waals surface area contributed by atoms with Crippen LogP contribution in [0.3, 0.4) is 0 Å². The summed E-state index contributed by atoms with van der Waals surface area (Å²) in [5, 5.41) is 19.3. The van der Waals surface area contributed by atoms with Crippen LogP contribution in [0.2, 0.25) is 0 Å². The van der Waals surface area contributed by atoms with Crippen LogP contribution in [0.15, 0.2) is 77.5 Å². The number of benzene rings is 2. The van der Waals surface area contributed by atoms with Gasteiger partial charge in [0.1, 0.15) is 6.54 Å². The minimum atomic E-state index is -0.154. The predicted molar refractivity (Wildman–Crippen MR) is 109 cm³/mol. The molecule has 0 aliphatic carbocycles. The van der Waals surface area contributed by atoms with Gasteiger partial charge in [0.2, 0.25) is 11.7 Å². The standard InChI is InChI=1S/C21H19N5OS/c27-20(14-26-24-21(23-25-26)18-11-12-28-15-18)22-19(17-9-5-2-6-10-17)13-16-7-3-1-4-8-16/h1-12,15,19H,13-14H2,(H,22,27)/t19-/m0/s1. The van der Waals surface area contributed by atoms with Crippen molar-refractivity contribution in [1.29, 1.82) is 0 Å². The summed E-state index contributed by atoms with van der Waals surface area (Å²) in [4.78, 5) is 14.0. The van der Waals surface area contributed by atoms with E-state index in [1.165, 1.54) is 4.80 Å². The fourth-order valence-electron chi connectivity index (χ4n) is 2.97.